The molecule has 1 aliphatic rings. The van der Waals surface area contributed by atoms with E-state index in [1.807, 2.05) is 0 Å². The lowest BCUT2D eigenvalue weighted by Crippen LogP contribution is -2.54. The van der Waals surface area contributed by atoms with Crippen LogP contribution < -0.4 is 16.0 Å². The van der Waals surface area contributed by atoms with E-state index in [0.717, 1.165) is 0 Å². The second-order valence-corrected chi connectivity index (χ2v) is 5.93. The fraction of sp³-hybridized carbons (Fsp3) is 0. The number of nitrogens with two attached hydrogens (primary N) is 1. The van der Waals surface area contributed by atoms with E-state index in [9.17, 15) is 9.59 Å². The number of thiocarbonyl (C=S) groups is 1. The largest absolute Gasteiger partial charge is 0.399 e. The first-order valence-electron chi connectivity index (χ1n) is 6.98. The minimum atomic E-state index is -0.544. The fourth-order valence-corrected chi connectivity index (χ4v) is 2.70. The summed E-state index contributed by atoms with van der Waals surface area (Å²) >= 11 is 11.0. The number of benzene rings is 2. The van der Waals surface area contributed by atoms with Gasteiger partial charge in [-0.2, -0.15) is 0 Å². The Morgan fingerprint density at radius 1 is 1.12 bits per heavy atom. The number of carbonyl (C=O) groups excluding carboxylic acids is 2. The summed E-state index contributed by atoms with van der Waals surface area (Å²) in [5, 5.41) is 3.08. The topological polar surface area (TPSA) is 75.4 Å². The van der Waals surface area contributed by atoms with Crippen molar-refractivity contribution in [2.75, 3.05) is 10.6 Å². The molecule has 1 heterocycles. The molecule has 0 saturated carbocycles. The van der Waals surface area contributed by atoms with Crippen LogP contribution >= 0.6 is 23.8 Å². The molecular formula is C17H12ClN3O2S. The molecule has 0 spiro atoms. The Bertz CT molecular complexity index is 878. The lowest BCUT2D eigenvalue weighted by atomic mass is 10.1. The number of carbonyl (C=O) groups is 2. The van der Waals surface area contributed by atoms with E-state index < -0.39 is 11.8 Å². The molecule has 1 aliphatic heterocycles. The fourth-order valence-electron chi connectivity index (χ4n) is 2.30. The smallest absolute Gasteiger partial charge is 0.270 e. The molecule has 3 N–H and O–H groups in total. The summed E-state index contributed by atoms with van der Waals surface area (Å²) in [6.07, 6.45) is 1.48. The molecule has 0 aliphatic carbocycles. The van der Waals surface area contributed by atoms with E-state index in [1.54, 1.807) is 48.5 Å². The van der Waals surface area contributed by atoms with Gasteiger partial charge in [-0.05, 0) is 60.3 Å². The molecule has 24 heavy (non-hydrogen) atoms. The van der Waals surface area contributed by atoms with Crippen LogP contribution in [-0.4, -0.2) is 16.9 Å². The van der Waals surface area contributed by atoms with Crippen LogP contribution in [0.5, 0.6) is 0 Å². The number of nitrogen functional groups attached to an aromatic ring is 1. The summed E-state index contributed by atoms with van der Waals surface area (Å²) < 4.78 is 0. The molecule has 0 bridgehead atoms. The van der Waals surface area contributed by atoms with Crippen LogP contribution in [0.4, 0.5) is 11.4 Å². The van der Waals surface area contributed by atoms with Gasteiger partial charge in [0.15, 0.2) is 5.11 Å². The number of hydrogen-bond acceptors (Lipinski definition) is 4. The second kappa shape index (κ2) is 6.43. The van der Waals surface area contributed by atoms with Crippen molar-refractivity contribution < 1.29 is 9.59 Å². The monoisotopic (exact) mass is 357 g/mol. The third-order valence-electron chi connectivity index (χ3n) is 3.41. The van der Waals surface area contributed by atoms with Crippen molar-refractivity contribution in [3.8, 4) is 0 Å². The average Bonchev–Trinajstić information content (AvgIpc) is 2.53. The Labute approximate surface area is 148 Å². The SMILES string of the molecule is Nc1cccc(C=C2C(=O)NC(=S)N(c3ccc(Cl)cc3)C2=O)c1. The van der Waals surface area contributed by atoms with Crippen LogP contribution in [0.1, 0.15) is 5.56 Å². The van der Waals surface area contributed by atoms with Gasteiger partial charge in [-0.1, -0.05) is 23.7 Å². The molecule has 5 nitrogen and oxygen atoms in total. The molecule has 0 atom stereocenters. The van der Waals surface area contributed by atoms with Crippen LogP contribution in [0.3, 0.4) is 0 Å². The van der Waals surface area contributed by atoms with Gasteiger partial charge in [-0.25, -0.2) is 0 Å². The van der Waals surface area contributed by atoms with Crippen molar-refractivity contribution in [3.63, 3.8) is 0 Å². The average molecular weight is 358 g/mol. The lowest BCUT2D eigenvalue weighted by Gasteiger charge is -2.28. The van der Waals surface area contributed by atoms with Crippen molar-refractivity contribution in [1.29, 1.82) is 0 Å². The number of amides is 2. The third-order valence-corrected chi connectivity index (χ3v) is 3.94. The molecule has 2 amide bonds. The predicted octanol–water partition coefficient (Wildman–Crippen LogP) is 2.75. The standard InChI is InChI=1S/C17H12ClN3O2S/c18-11-4-6-13(7-5-11)21-16(23)14(15(22)20-17(21)24)9-10-2-1-3-12(19)8-10/h1-9H,19H2,(H,20,22,24). The minimum absolute atomic E-state index is 0.0239. The molecule has 0 unspecified atom stereocenters. The van der Waals surface area contributed by atoms with E-state index in [1.165, 1.54) is 11.0 Å². The van der Waals surface area contributed by atoms with E-state index in [2.05, 4.69) is 5.32 Å². The second-order valence-electron chi connectivity index (χ2n) is 5.10. The van der Waals surface area contributed by atoms with Crippen LogP contribution in [0.15, 0.2) is 54.1 Å². The van der Waals surface area contributed by atoms with Gasteiger partial charge in [0.05, 0.1) is 5.69 Å². The molecule has 0 radical (unpaired) electrons. The summed E-state index contributed by atoms with van der Waals surface area (Å²) in [4.78, 5) is 26.2. The molecule has 7 heteroatoms. The predicted molar refractivity (Wildman–Crippen MR) is 98.5 cm³/mol. The highest BCUT2D eigenvalue weighted by molar-refractivity contribution is 7.80. The number of nitrogens with one attached hydrogen (secondary N) is 1. The summed E-state index contributed by atoms with van der Waals surface area (Å²) in [5.74, 6) is -1.05. The maximum absolute atomic E-state index is 12.8. The summed E-state index contributed by atoms with van der Waals surface area (Å²) in [6, 6.07) is 13.5. The molecule has 1 fully saturated rings. The summed E-state index contributed by atoms with van der Waals surface area (Å²) in [5.41, 5.74) is 7.42. The van der Waals surface area contributed by atoms with Crippen LogP contribution in [0.2, 0.25) is 5.02 Å². The van der Waals surface area contributed by atoms with E-state index in [-0.39, 0.29) is 10.7 Å². The maximum atomic E-state index is 12.8. The van der Waals surface area contributed by atoms with Gasteiger partial charge >= 0.3 is 0 Å². The summed E-state index contributed by atoms with van der Waals surface area (Å²) in [6.45, 7) is 0. The van der Waals surface area contributed by atoms with Crippen LogP contribution in [0, 0.1) is 0 Å². The zero-order chi connectivity index (χ0) is 17.3. The molecule has 2 aromatic rings. The van der Waals surface area contributed by atoms with Crippen molar-refractivity contribution in [2.45, 2.75) is 0 Å². The number of halogens is 1. The van der Waals surface area contributed by atoms with Crippen molar-refractivity contribution in [2.24, 2.45) is 0 Å². The van der Waals surface area contributed by atoms with Gasteiger partial charge in [0.1, 0.15) is 5.57 Å². The first-order valence-corrected chi connectivity index (χ1v) is 7.77. The number of rotatable bonds is 2. The molecule has 3 rings (SSSR count). The maximum Gasteiger partial charge on any atom is 0.270 e. The van der Waals surface area contributed by atoms with E-state index >= 15 is 0 Å². The first kappa shape index (κ1) is 16.2. The normalized spacial score (nSPS) is 16.5. The van der Waals surface area contributed by atoms with Crippen LogP contribution in [-0.2, 0) is 9.59 Å². The number of anilines is 2. The van der Waals surface area contributed by atoms with Crippen LogP contribution in [0.25, 0.3) is 6.08 Å². The van der Waals surface area contributed by atoms with Gasteiger partial charge in [-0.15, -0.1) is 0 Å². The Balaban J connectivity index is 2.01. The van der Waals surface area contributed by atoms with Gasteiger partial charge in [0.2, 0.25) is 0 Å². The van der Waals surface area contributed by atoms with Gasteiger partial charge < -0.3 is 5.73 Å². The van der Waals surface area contributed by atoms with E-state index in [0.29, 0.717) is 22.0 Å². The van der Waals surface area contributed by atoms with Gasteiger partial charge in [-0.3, -0.25) is 19.8 Å². The van der Waals surface area contributed by atoms with Crippen molar-refractivity contribution in [3.05, 3.63) is 64.7 Å². The third kappa shape index (κ3) is 3.15. The first-order chi connectivity index (χ1) is 11.5. The zero-order valence-electron chi connectivity index (χ0n) is 12.3. The highest BCUT2D eigenvalue weighted by Crippen LogP contribution is 2.23. The Kier molecular flexibility index (Phi) is 4.33. The molecule has 1 saturated heterocycles. The molecule has 120 valence electrons. The zero-order valence-corrected chi connectivity index (χ0v) is 13.9. The summed E-state index contributed by atoms with van der Waals surface area (Å²) in [7, 11) is 0. The van der Waals surface area contributed by atoms with E-state index in [4.69, 9.17) is 29.6 Å². The highest BCUT2D eigenvalue weighted by Gasteiger charge is 2.34. The van der Waals surface area contributed by atoms with Crippen molar-refractivity contribution in [1.82, 2.24) is 5.32 Å². The lowest BCUT2D eigenvalue weighted by molar-refractivity contribution is -0.122. The Morgan fingerprint density at radius 3 is 2.50 bits per heavy atom. The van der Waals surface area contributed by atoms with Gasteiger partial charge in [0.25, 0.3) is 11.8 Å². The molecule has 0 aromatic heterocycles. The van der Waals surface area contributed by atoms with Crippen molar-refractivity contribution >= 4 is 58.2 Å². The van der Waals surface area contributed by atoms with Gasteiger partial charge in [0, 0.05) is 10.7 Å². The molecular weight excluding hydrogens is 346 g/mol. The highest BCUT2D eigenvalue weighted by atomic mass is 35.5. The quantitative estimate of drug-likeness (QED) is 0.375. The Morgan fingerprint density at radius 2 is 1.83 bits per heavy atom. The molecule has 2 aromatic carbocycles. The number of nitrogens with zero attached hydrogens (tertiary/aromatic N) is 1. The number of hydrogen-bond donors (Lipinski definition) is 2. The Hall–Kier alpha value is -2.70. The minimum Gasteiger partial charge on any atom is -0.399 e.